The van der Waals surface area contributed by atoms with Crippen molar-refractivity contribution in [2.45, 2.75) is 13.5 Å². The molecule has 2 nitrogen and oxygen atoms in total. The molecular weight excluding hydrogens is 148 g/mol. The molecule has 0 atom stereocenters. The lowest BCUT2D eigenvalue weighted by molar-refractivity contribution is 0.645. The van der Waals surface area contributed by atoms with Gasteiger partial charge in [-0.2, -0.15) is 0 Å². The Morgan fingerprint density at radius 2 is 2.25 bits per heavy atom. The highest BCUT2D eigenvalue weighted by atomic mass is 15.2. The summed E-state index contributed by atoms with van der Waals surface area (Å²) >= 11 is 0. The maximum atomic E-state index is 3.34. The number of nitrogens with zero attached hydrogens (tertiary/aromatic N) is 1. The van der Waals surface area contributed by atoms with Gasteiger partial charge in [-0.05, 0) is 18.6 Å². The Morgan fingerprint density at radius 3 is 3.08 bits per heavy atom. The number of fused-ring (bicyclic) bond motifs is 1. The number of rotatable bonds is 0. The number of hydrogen-bond acceptors (Lipinski definition) is 2. The van der Waals surface area contributed by atoms with E-state index in [9.17, 15) is 0 Å². The van der Waals surface area contributed by atoms with E-state index in [1.807, 2.05) is 0 Å². The van der Waals surface area contributed by atoms with Crippen molar-refractivity contribution in [1.29, 1.82) is 0 Å². The van der Waals surface area contributed by atoms with Gasteiger partial charge in [0.25, 0.3) is 0 Å². The molecular formula is C10H14N2. The van der Waals surface area contributed by atoms with Crippen molar-refractivity contribution in [2.75, 3.05) is 18.6 Å². The van der Waals surface area contributed by atoms with Crippen molar-refractivity contribution >= 4 is 5.69 Å². The highest BCUT2D eigenvalue weighted by Gasteiger charge is 2.11. The van der Waals surface area contributed by atoms with Gasteiger partial charge < -0.3 is 4.90 Å². The van der Waals surface area contributed by atoms with Crippen molar-refractivity contribution in [3.63, 3.8) is 0 Å². The van der Waals surface area contributed by atoms with Crippen molar-refractivity contribution in [3.8, 4) is 0 Å². The van der Waals surface area contributed by atoms with E-state index in [0.29, 0.717) is 0 Å². The molecule has 0 unspecified atom stereocenters. The Kier molecular flexibility index (Phi) is 1.77. The molecule has 0 amide bonds. The average molecular weight is 162 g/mol. The van der Waals surface area contributed by atoms with Crippen molar-refractivity contribution in [3.05, 3.63) is 29.3 Å². The normalized spacial score (nSPS) is 16.0. The molecule has 1 aromatic carbocycles. The quantitative estimate of drug-likeness (QED) is 0.621. The van der Waals surface area contributed by atoms with Crippen LogP contribution in [0.15, 0.2) is 18.2 Å². The molecule has 0 aromatic heterocycles. The van der Waals surface area contributed by atoms with Crippen LogP contribution in [0.25, 0.3) is 0 Å². The lowest BCUT2D eigenvalue weighted by Gasteiger charge is -2.28. The van der Waals surface area contributed by atoms with E-state index in [2.05, 4.69) is 42.4 Å². The van der Waals surface area contributed by atoms with Crippen LogP contribution in [-0.4, -0.2) is 13.7 Å². The first-order valence-electron chi connectivity index (χ1n) is 4.29. The minimum absolute atomic E-state index is 0.954. The van der Waals surface area contributed by atoms with E-state index in [-0.39, 0.29) is 0 Å². The summed E-state index contributed by atoms with van der Waals surface area (Å²) in [5.41, 5.74) is 4.11. The average Bonchev–Trinajstić information content (AvgIpc) is 2.04. The smallest absolute Gasteiger partial charge is 0.0681 e. The highest BCUT2D eigenvalue weighted by molar-refractivity contribution is 5.55. The van der Waals surface area contributed by atoms with Gasteiger partial charge in [0.1, 0.15) is 0 Å². The third-order valence-corrected chi connectivity index (χ3v) is 2.31. The van der Waals surface area contributed by atoms with Crippen LogP contribution < -0.4 is 10.2 Å². The number of nitrogens with one attached hydrogen (secondary N) is 1. The summed E-state index contributed by atoms with van der Waals surface area (Å²) in [6.07, 6.45) is 0. The largest absolute Gasteiger partial charge is 0.362 e. The first-order valence-corrected chi connectivity index (χ1v) is 4.29. The Hall–Kier alpha value is -1.02. The molecule has 0 saturated heterocycles. The van der Waals surface area contributed by atoms with Crippen LogP contribution in [0.3, 0.4) is 0 Å². The van der Waals surface area contributed by atoms with Crippen LogP contribution in [0.4, 0.5) is 5.69 Å². The van der Waals surface area contributed by atoms with Gasteiger partial charge in [-0.25, -0.2) is 0 Å². The predicted molar refractivity (Wildman–Crippen MR) is 51.3 cm³/mol. The van der Waals surface area contributed by atoms with Gasteiger partial charge in [0.05, 0.1) is 6.67 Å². The van der Waals surface area contributed by atoms with Gasteiger partial charge in [-0.3, -0.25) is 5.32 Å². The Bertz CT molecular complexity index is 294. The highest BCUT2D eigenvalue weighted by Crippen LogP contribution is 2.22. The van der Waals surface area contributed by atoms with E-state index in [1.165, 1.54) is 16.8 Å². The van der Waals surface area contributed by atoms with Crippen LogP contribution in [0, 0.1) is 6.92 Å². The molecule has 0 radical (unpaired) electrons. The van der Waals surface area contributed by atoms with Crippen LogP contribution in [-0.2, 0) is 6.54 Å². The molecule has 1 aromatic rings. The fourth-order valence-electron chi connectivity index (χ4n) is 1.67. The molecule has 64 valence electrons. The molecule has 12 heavy (non-hydrogen) atoms. The zero-order valence-electron chi connectivity index (χ0n) is 7.59. The van der Waals surface area contributed by atoms with Crippen molar-refractivity contribution in [2.24, 2.45) is 0 Å². The van der Waals surface area contributed by atoms with Crippen molar-refractivity contribution in [1.82, 2.24) is 5.32 Å². The van der Waals surface area contributed by atoms with Crippen LogP contribution in [0.1, 0.15) is 11.1 Å². The van der Waals surface area contributed by atoms with Crippen LogP contribution in [0.5, 0.6) is 0 Å². The van der Waals surface area contributed by atoms with Crippen LogP contribution >= 0.6 is 0 Å². The minimum atomic E-state index is 0.954. The number of hydrogen-bond donors (Lipinski definition) is 1. The number of anilines is 1. The Balaban J connectivity index is 2.46. The summed E-state index contributed by atoms with van der Waals surface area (Å²) in [7, 11) is 2.11. The zero-order valence-corrected chi connectivity index (χ0v) is 7.59. The second-order valence-electron chi connectivity index (χ2n) is 3.42. The lowest BCUT2D eigenvalue weighted by atomic mass is 10.1. The predicted octanol–water partition coefficient (Wildman–Crippen LogP) is 1.49. The molecule has 1 heterocycles. The molecule has 1 aliphatic heterocycles. The van der Waals surface area contributed by atoms with Crippen molar-refractivity contribution < 1.29 is 0 Å². The summed E-state index contributed by atoms with van der Waals surface area (Å²) in [6, 6.07) is 6.62. The first kappa shape index (κ1) is 7.62. The lowest BCUT2D eigenvalue weighted by Crippen LogP contribution is -2.36. The maximum absolute atomic E-state index is 3.34. The van der Waals surface area contributed by atoms with Crippen LogP contribution in [0.2, 0.25) is 0 Å². The summed E-state index contributed by atoms with van der Waals surface area (Å²) in [5, 5.41) is 3.34. The standard InChI is InChI=1S/C10H14N2/c1-8-3-4-10-9(5-8)6-11-7-12(10)2/h3-5,11H,6-7H2,1-2H3. The summed E-state index contributed by atoms with van der Waals surface area (Å²) in [4.78, 5) is 2.23. The molecule has 2 heteroatoms. The Morgan fingerprint density at radius 1 is 1.42 bits per heavy atom. The van der Waals surface area contributed by atoms with Gasteiger partial charge in [0, 0.05) is 19.3 Å². The monoisotopic (exact) mass is 162 g/mol. The molecule has 0 bridgehead atoms. The van der Waals surface area contributed by atoms with E-state index in [4.69, 9.17) is 0 Å². The second kappa shape index (κ2) is 2.79. The van der Waals surface area contributed by atoms with Gasteiger partial charge in [-0.15, -0.1) is 0 Å². The zero-order chi connectivity index (χ0) is 8.55. The fraction of sp³-hybridized carbons (Fsp3) is 0.400. The van der Waals surface area contributed by atoms with E-state index >= 15 is 0 Å². The maximum Gasteiger partial charge on any atom is 0.0681 e. The second-order valence-corrected chi connectivity index (χ2v) is 3.42. The summed E-state index contributed by atoms with van der Waals surface area (Å²) < 4.78 is 0. The van der Waals surface area contributed by atoms with Gasteiger partial charge in [0.15, 0.2) is 0 Å². The van der Waals surface area contributed by atoms with Gasteiger partial charge in [-0.1, -0.05) is 17.7 Å². The van der Waals surface area contributed by atoms with Gasteiger partial charge in [0.2, 0.25) is 0 Å². The fourth-order valence-corrected chi connectivity index (χ4v) is 1.67. The molecule has 0 saturated carbocycles. The molecule has 1 aliphatic rings. The molecule has 2 rings (SSSR count). The summed E-state index contributed by atoms with van der Waals surface area (Å²) in [5.74, 6) is 0. The number of aryl methyl sites for hydroxylation is 1. The number of benzene rings is 1. The topological polar surface area (TPSA) is 15.3 Å². The van der Waals surface area contributed by atoms with E-state index < -0.39 is 0 Å². The van der Waals surface area contributed by atoms with Gasteiger partial charge >= 0.3 is 0 Å². The molecule has 0 aliphatic carbocycles. The SMILES string of the molecule is Cc1ccc2c(c1)CNCN2C. The third kappa shape index (κ3) is 1.18. The molecule has 0 spiro atoms. The summed E-state index contributed by atoms with van der Waals surface area (Å²) in [6.45, 7) is 4.09. The first-order chi connectivity index (χ1) is 5.77. The third-order valence-electron chi connectivity index (χ3n) is 2.31. The Labute approximate surface area is 73.2 Å². The van der Waals surface area contributed by atoms with E-state index in [1.54, 1.807) is 0 Å². The molecule has 1 N–H and O–H groups in total. The molecule has 0 fully saturated rings. The minimum Gasteiger partial charge on any atom is -0.362 e. The van der Waals surface area contributed by atoms with E-state index in [0.717, 1.165) is 13.2 Å².